The number of benzene rings is 2. The molecule has 2 N–H and O–H groups in total. The van der Waals surface area contributed by atoms with Gasteiger partial charge in [0.25, 0.3) is 0 Å². The number of halogens is 2. The molecule has 3 heteroatoms. The standard InChI is InChI=1S/C15H15BrClN/c16-14-3-1-2-12(9-14)13(10-18)8-11-4-6-15(17)7-5-11/h1-7,9,13H,8,10,18H2. The van der Waals surface area contributed by atoms with E-state index >= 15 is 0 Å². The summed E-state index contributed by atoms with van der Waals surface area (Å²) in [6, 6.07) is 16.3. The van der Waals surface area contributed by atoms with Crippen molar-refractivity contribution in [1.29, 1.82) is 0 Å². The number of hydrogen-bond acceptors (Lipinski definition) is 1. The zero-order chi connectivity index (χ0) is 13.0. The van der Waals surface area contributed by atoms with E-state index in [1.165, 1.54) is 11.1 Å². The Morgan fingerprint density at radius 1 is 1.11 bits per heavy atom. The van der Waals surface area contributed by atoms with Crippen LogP contribution < -0.4 is 5.73 Å². The van der Waals surface area contributed by atoms with Gasteiger partial charge in [0.2, 0.25) is 0 Å². The zero-order valence-corrected chi connectivity index (χ0v) is 12.3. The summed E-state index contributed by atoms with van der Waals surface area (Å²) in [5, 5.41) is 0.769. The van der Waals surface area contributed by atoms with E-state index in [4.69, 9.17) is 17.3 Å². The van der Waals surface area contributed by atoms with Crippen molar-refractivity contribution in [2.45, 2.75) is 12.3 Å². The summed E-state index contributed by atoms with van der Waals surface area (Å²) in [6.07, 6.45) is 0.935. The van der Waals surface area contributed by atoms with Gasteiger partial charge in [0.1, 0.15) is 0 Å². The van der Waals surface area contributed by atoms with Gasteiger partial charge < -0.3 is 5.73 Å². The van der Waals surface area contributed by atoms with Crippen LogP contribution in [0.25, 0.3) is 0 Å². The molecule has 2 aromatic carbocycles. The highest BCUT2D eigenvalue weighted by Crippen LogP contribution is 2.23. The van der Waals surface area contributed by atoms with Gasteiger partial charge >= 0.3 is 0 Å². The van der Waals surface area contributed by atoms with E-state index in [2.05, 4.69) is 40.2 Å². The summed E-state index contributed by atoms with van der Waals surface area (Å²) in [4.78, 5) is 0. The van der Waals surface area contributed by atoms with Crippen LogP contribution in [0.5, 0.6) is 0 Å². The van der Waals surface area contributed by atoms with E-state index in [9.17, 15) is 0 Å². The Morgan fingerprint density at radius 3 is 2.44 bits per heavy atom. The van der Waals surface area contributed by atoms with Crippen molar-refractivity contribution >= 4 is 27.5 Å². The van der Waals surface area contributed by atoms with Crippen LogP contribution in [-0.2, 0) is 6.42 Å². The quantitative estimate of drug-likeness (QED) is 0.887. The Hall–Kier alpha value is -0.830. The Morgan fingerprint density at radius 2 is 1.83 bits per heavy atom. The van der Waals surface area contributed by atoms with E-state index in [1.807, 2.05) is 24.3 Å². The van der Waals surface area contributed by atoms with Crippen LogP contribution in [0.1, 0.15) is 17.0 Å². The fourth-order valence-electron chi connectivity index (χ4n) is 2.00. The lowest BCUT2D eigenvalue weighted by Crippen LogP contribution is -2.15. The molecule has 0 amide bonds. The second-order valence-corrected chi connectivity index (χ2v) is 5.67. The molecule has 0 saturated heterocycles. The molecule has 0 spiro atoms. The van der Waals surface area contributed by atoms with Gasteiger partial charge in [-0.15, -0.1) is 0 Å². The first-order valence-electron chi connectivity index (χ1n) is 5.89. The predicted molar refractivity (Wildman–Crippen MR) is 81.1 cm³/mol. The van der Waals surface area contributed by atoms with E-state index in [0.29, 0.717) is 12.5 Å². The normalized spacial score (nSPS) is 12.4. The minimum atomic E-state index is 0.337. The highest BCUT2D eigenvalue weighted by atomic mass is 79.9. The molecule has 1 atom stereocenters. The van der Waals surface area contributed by atoms with Gasteiger partial charge in [-0.05, 0) is 48.4 Å². The molecule has 0 aromatic heterocycles. The van der Waals surface area contributed by atoms with E-state index < -0.39 is 0 Å². The molecule has 1 unspecified atom stereocenters. The first kappa shape index (κ1) is 13.6. The summed E-state index contributed by atoms with van der Waals surface area (Å²) in [6.45, 7) is 0.638. The van der Waals surface area contributed by atoms with Crippen molar-refractivity contribution in [2.75, 3.05) is 6.54 Å². The molecule has 0 aliphatic carbocycles. The van der Waals surface area contributed by atoms with Crippen LogP contribution in [-0.4, -0.2) is 6.54 Å². The Balaban J connectivity index is 2.17. The smallest absolute Gasteiger partial charge is 0.0406 e. The molecule has 0 bridgehead atoms. The van der Waals surface area contributed by atoms with Crippen LogP contribution in [0, 0.1) is 0 Å². The summed E-state index contributed by atoms with van der Waals surface area (Å²) < 4.78 is 1.09. The summed E-state index contributed by atoms with van der Waals surface area (Å²) in [5.41, 5.74) is 8.42. The Labute approximate surface area is 121 Å². The maximum absolute atomic E-state index is 5.89. The summed E-state index contributed by atoms with van der Waals surface area (Å²) >= 11 is 9.39. The second kappa shape index (κ2) is 6.37. The van der Waals surface area contributed by atoms with E-state index in [-0.39, 0.29) is 0 Å². The minimum Gasteiger partial charge on any atom is -0.330 e. The largest absolute Gasteiger partial charge is 0.330 e. The fourth-order valence-corrected chi connectivity index (χ4v) is 2.55. The van der Waals surface area contributed by atoms with Crippen molar-refractivity contribution in [2.24, 2.45) is 5.73 Å². The van der Waals surface area contributed by atoms with Gasteiger partial charge in [0.05, 0.1) is 0 Å². The molecule has 0 radical (unpaired) electrons. The van der Waals surface area contributed by atoms with E-state index in [1.54, 1.807) is 0 Å². The first-order valence-corrected chi connectivity index (χ1v) is 7.06. The fraction of sp³-hybridized carbons (Fsp3) is 0.200. The molecule has 94 valence electrons. The highest BCUT2D eigenvalue weighted by molar-refractivity contribution is 9.10. The monoisotopic (exact) mass is 323 g/mol. The number of hydrogen-bond donors (Lipinski definition) is 1. The van der Waals surface area contributed by atoms with Crippen LogP contribution in [0.2, 0.25) is 5.02 Å². The molecule has 0 aliphatic heterocycles. The third-order valence-electron chi connectivity index (χ3n) is 3.00. The Kier molecular flexibility index (Phi) is 4.81. The van der Waals surface area contributed by atoms with Crippen molar-refractivity contribution in [3.63, 3.8) is 0 Å². The summed E-state index contributed by atoms with van der Waals surface area (Å²) in [7, 11) is 0. The molecule has 1 nitrogen and oxygen atoms in total. The SMILES string of the molecule is NCC(Cc1ccc(Cl)cc1)c1cccc(Br)c1. The molecule has 0 saturated carbocycles. The summed E-state index contributed by atoms with van der Waals surface area (Å²) in [5.74, 6) is 0.337. The molecular weight excluding hydrogens is 310 g/mol. The maximum Gasteiger partial charge on any atom is 0.0406 e. The van der Waals surface area contributed by atoms with Gasteiger partial charge in [0, 0.05) is 15.4 Å². The van der Waals surface area contributed by atoms with Crippen molar-refractivity contribution in [1.82, 2.24) is 0 Å². The molecule has 2 aromatic rings. The first-order chi connectivity index (χ1) is 8.69. The average molecular weight is 325 g/mol. The van der Waals surface area contributed by atoms with Gasteiger partial charge in [-0.25, -0.2) is 0 Å². The molecule has 2 rings (SSSR count). The lowest BCUT2D eigenvalue weighted by molar-refractivity contribution is 0.694. The third-order valence-corrected chi connectivity index (χ3v) is 3.75. The van der Waals surface area contributed by atoms with Gasteiger partial charge in [-0.2, -0.15) is 0 Å². The molecule has 0 heterocycles. The average Bonchev–Trinajstić information content (AvgIpc) is 2.38. The van der Waals surface area contributed by atoms with Gasteiger partial charge in [-0.1, -0.05) is 51.8 Å². The predicted octanol–water partition coefficient (Wildman–Crippen LogP) is 4.39. The maximum atomic E-state index is 5.89. The van der Waals surface area contributed by atoms with Gasteiger partial charge in [0.15, 0.2) is 0 Å². The Bertz CT molecular complexity index is 510. The van der Waals surface area contributed by atoms with Crippen molar-refractivity contribution < 1.29 is 0 Å². The zero-order valence-electron chi connectivity index (χ0n) is 9.94. The second-order valence-electron chi connectivity index (χ2n) is 4.32. The highest BCUT2D eigenvalue weighted by Gasteiger charge is 2.10. The molecular formula is C15H15BrClN. The lowest BCUT2D eigenvalue weighted by Gasteiger charge is -2.15. The molecule has 0 aliphatic rings. The molecule has 0 fully saturated rings. The van der Waals surface area contributed by atoms with Crippen molar-refractivity contribution in [3.8, 4) is 0 Å². The van der Waals surface area contributed by atoms with E-state index in [0.717, 1.165) is 15.9 Å². The van der Waals surface area contributed by atoms with Crippen LogP contribution in [0.3, 0.4) is 0 Å². The topological polar surface area (TPSA) is 26.0 Å². The minimum absolute atomic E-state index is 0.337. The van der Waals surface area contributed by atoms with Crippen molar-refractivity contribution in [3.05, 3.63) is 69.2 Å². The number of nitrogens with two attached hydrogens (primary N) is 1. The number of rotatable bonds is 4. The van der Waals surface area contributed by atoms with Crippen LogP contribution in [0.15, 0.2) is 53.0 Å². The van der Waals surface area contributed by atoms with Crippen LogP contribution in [0.4, 0.5) is 0 Å². The van der Waals surface area contributed by atoms with Gasteiger partial charge in [-0.3, -0.25) is 0 Å². The lowest BCUT2D eigenvalue weighted by atomic mass is 9.92. The third kappa shape index (κ3) is 3.58. The van der Waals surface area contributed by atoms with Crippen LogP contribution >= 0.6 is 27.5 Å². The molecule has 18 heavy (non-hydrogen) atoms.